The predicted molar refractivity (Wildman–Crippen MR) is 138 cm³/mol. The van der Waals surface area contributed by atoms with Crippen LogP contribution in [0.1, 0.15) is 25.1 Å². The van der Waals surface area contributed by atoms with Crippen molar-refractivity contribution in [3.63, 3.8) is 0 Å². The first-order chi connectivity index (χ1) is 16.6. The third-order valence-electron chi connectivity index (χ3n) is 6.97. The number of nitrogens with zero attached hydrogens (tertiary/aromatic N) is 5. The highest BCUT2D eigenvalue weighted by atomic mass is 16.5. The maximum Gasteiger partial charge on any atom is 0.168 e. The fourth-order valence-corrected chi connectivity index (χ4v) is 4.91. The maximum absolute atomic E-state index is 5.51. The second kappa shape index (κ2) is 9.85. The minimum Gasteiger partial charge on any atom is -0.496 e. The average molecular weight is 456 g/mol. The molecule has 0 unspecified atom stereocenters. The van der Waals surface area contributed by atoms with E-state index in [9.17, 15) is 0 Å². The molecule has 2 aromatic heterocycles. The molecule has 3 heterocycles. The highest BCUT2D eigenvalue weighted by Crippen LogP contribution is 2.28. The molecular weight excluding hydrogens is 422 g/mol. The Morgan fingerprint density at radius 3 is 2.38 bits per heavy atom. The molecule has 2 aromatic carbocycles. The van der Waals surface area contributed by atoms with E-state index >= 15 is 0 Å². The zero-order valence-corrected chi connectivity index (χ0v) is 20.3. The van der Waals surface area contributed by atoms with E-state index in [1.807, 2.05) is 18.5 Å². The summed E-state index contributed by atoms with van der Waals surface area (Å²) in [5, 5.41) is 8.68. The van der Waals surface area contributed by atoms with E-state index < -0.39 is 0 Å². The molecule has 1 saturated heterocycles. The fourth-order valence-electron chi connectivity index (χ4n) is 4.91. The maximum atomic E-state index is 5.51. The van der Waals surface area contributed by atoms with Crippen LogP contribution in [0.25, 0.3) is 16.8 Å². The third-order valence-corrected chi connectivity index (χ3v) is 6.97. The molecule has 0 radical (unpaired) electrons. The van der Waals surface area contributed by atoms with Crippen LogP contribution in [-0.2, 0) is 12.8 Å². The van der Waals surface area contributed by atoms with E-state index in [4.69, 9.17) is 4.74 Å². The number of ether oxygens (including phenoxy) is 1. The molecule has 1 aliphatic heterocycles. The van der Waals surface area contributed by atoms with Crippen LogP contribution < -0.4 is 9.64 Å². The van der Waals surface area contributed by atoms with E-state index in [2.05, 4.69) is 86.8 Å². The topological polar surface area (TPSA) is 45.9 Å². The van der Waals surface area contributed by atoms with Crippen molar-refractivity contribution in [1.29, 1.82) is 0 Å². The lowest BCUT2D eigenvalue weighted by Gasteiger charge is -2.38. The summed E-state index contributed by atoms with van der Waals surface area (Å²) in [6, 6.07) is 22.1. The van der Waals surface area contributed by atoms with E-state index in [0.29, 0.717) is 6.04 Å². The summed E-state index contributed by atoms with van der Waals surface area (Å²) in [5.41, 5.74) is 6.86. The molecule has 0 amide bonds. The minimum atomic E-state index is 0.618. The summed E-state index contributed by atoms with van der Waals surface area (Å²) < 4.78 is 7.63. The standard InChI is InChI=1S/C28H33N5O/c1-21(2)31-16-18-32(19-17-31)24-11-8-22(9-12-24)26-15-14-25(33-20-29-30-28(26)33)13-10-23-6-4-5-7-27(23)34-3/h4-9,11-12,14-15,20-21H,10,13,16-19H2,1-3H3. The molecule has 0 aliphatic carbocycles. The molecule has 0 bridgehead atoms. The van der Waals surface area contributed by atoms with E-state index in [1.54, 1.807) is 7.11 Å². The van der Waals surface area contributed by atoms with Gasteiger partial charge in [-0.05, 0) is 68.1 Å². The van der Waals surface area contributed by atoms with E-state index in [-0.39, 0.29) is 0 Å². The molecule has 4 aromatic rings. The molecule has 1 fully saturated rings. The summed E-state index contributed by atoms with van der Waals surface area (Å²) in [7, 11) is 1.72. The van der Waals surface area contributed by atoms with Gasteiger partial charge in [0, 0.05) is 49.2 Å². The lowest BCUT2D eigenvalue weighted by molar-refractivity contribution is 0.209. The number of methoxy groups -OCH3 is 1. The normalized spacial score (nSPS) is 14.8. The van der Waals surface area contributed by atoms with Crippen molar-refractivity contribution in [2.45, 2.75) is 32.7 Å². The number of fused-ring (bicyclic) bond motifs is 1. The van der Waals surface area contributed by atoms with Crippen LogP contribution in [0.15, 0.2) is 67.0 Å². The number of hydrogen-bond donors (Lipinski definition) is 0. The second-order valence-corrected chi connectivity index (χ2v) is 9.24. The van der Waals surface area contributed by atoms with E-state index in [0.717, 1.165) is 56.0 Å². The molecule has 6 heteroatoms. The van der Waals surface area contributed by atoms with Crippen molar-refractivity contribution in [1.82, 2.24) is 19.5 Å². The van der Waals surface area contributed by atoms with E-state index in [1.165, 1.54) is 22.5 Å². The lowest BCUT2D eigenvalue weighted by Crippen LogP contribution is -2.48. The molecule has 0 N–H and O–H groups in total. The van der Waals surface area contributed by atoms with Gasteiger partial charge in [-0.25, -0.2) is 0 Å². The number of piperazine rings is 1. The van der Waals surface area contributed by atoms with Gasteiger partial charge in [0.05, 0.1) is 7.11 Å². The average Bonchev–Trinajstić information content (AvgIpc) is 3.38. The Morgan fingerprint density at radius 1 is 0.882 bits per heavy atom. The van der Waals surface area contributed by atoms with Gasteiger partial charge in [-0.3, -0.25) is 9.30 Å². The summed E-state index contributed by atoms with van der Waals surface area (Å²) >= 11 is 0. The first kappa shape index (κ1) is 22.4. The van der Waals surface area contributed by atoms with Crippen molar-refractivity contribution in [2.75, 3.05) is 38.2 Å². The van der Waals surface area contributed by atoms with Crippen LogP contribution >= 0.6 is 0 Å². The van der Waals surface area contributed by atoms with Crippen molar-refractivity contribution in [2.24, 2.45) is 0 Å². The molecule has 34 heavy (non-hydrogen) atoms. The number of aromatic nitrogens is 3. The first-order valence-electron chi connectivity index (χ1n) is 12.2. The first-order valence-corrected chi connectivity index (χ1v) is 12.2. The number of rotatable bonds is 7. The SMILES string of the molecule is COc1ccccc1CCc1ccc(-c2ccc(N3CCN(C(C)C)CC3)cc2)c2nncn12. The Labute approximate surface area is 201 Å². The van der Waals surface area contributed by atoms with Gasteiger partial charge in [-0.15, -0.1) is 10.2 Å². The van der Waals surface area contributed by atoms with Crippen LogP contribution in [0.3, 0.4) is 0 Å². The van der Waals surface area contributed by atoms with Crippen molar-refractivity contribution in [3.05, 3.63) is 78.2 Å². The van der Waals surface area contributed by atoms with Gasteiger partial charge in [-0.1, -0.05) is 30.3 Å². The zero-order chi connectivity index (χ0) is 23.5. The van der Waals surface area contributed by atoms with Crippen LogP contribution in [0.2, 0.25) is 0 Å². The Kier molecular flexibility index (Phi) is 6.50. The zero-order valence-electron chi connectivity index (χ0n) is 20.3. The van der Waals surface area contributed by atoms with Gasteiger partial charge >= 0.3 is 0 Å². The molecule has 6 nitrogen and oxygen atoms in total. The Balaban J connectivity index is 1.33. The number of hydrogen-bond acceptors (Lipinski definition) is 5. The molecule has 176 valence electrons. The molecule has 5 rings (SSSR count). The summed E-state index contributed by atoms with van der Waals surface area (Å²) in [6.07, 6.45) is 3.60. The number of pyridine rings is 1. The number of aryl methyl sites for hydroxylation is 2. The summed E-state index contributed by atoms with van der Waals surface area (Å²) in [5.74, 6) is 0.935. The van der Waals surface area contributed by atoms with Gasteiger partial charge in [0.2, 0.25) is 0 Å². The highest BCUT2D eigenvalue weighted by molar-refractivity contribution is 5.78. The van der Waals surface area contributed by atoms with Gasteiger partial charge in [0.15, 0.2) is 5.65 Å². The van der Waals surface area contributed by atoms with Crippen LogP contribution in [0, 0.1) is 0 Å². The monoisotopic (exact) mass is 455 g/mol. The fraction of sp³-hybridized carbons (Fsp3) is 0.357. The number of anilines is 1. The lowest BCUT2D eigenvalue weighted by atomic mass is 10.0. The molecule has 0 spiro atoms. The Hall–Kier alpha value is -3.38. The van der Waals surface area contributed by atoms with Crippen molar-refractivity contribution < 1.29 is 4.74 Å². The molecular formula is C28H33N5O. The third kappa shape index (κ3) is 4.50. The minimum absolute atomic E-state index is 0.618. The number of para-hydroxylation sites is 1. The Morgan fingerprint density at radius 2 is 1.65 bits per heavy atom. The van der Waals surface area contributed by atoms with Gasteiger partial charge in [0.1, 0.15) is 12.1 Å². The summed E-state index contributed by atoms with van der Waals surface area (Å²) in [4.78, 5) is 5.03. The van der Waals surface area contributed by atoms with Crippen molar-refractivity contribution in [3.8, 4) is 16.9 Å². The molecule has 0 atom stereocenters. The number of benzene rings is 2. The predicted octanol–water partition coefficient (Wildman–Crippen LogP) is 4.72. The van der Waals surface area contributed by atoms with Gasteiger partial charge in [-0.2, -0.15) is 0 Å². The molecule has 1 aliphatic rings. The van der Waals surface area contributed by atoms with Crippen LogP contribution in [-0.4, -0.2) is 58.8 Å². The Bertz CT molecular complexity index is 1240. The van der Waals surface area contributed by atoms with Crippen LogP contribution in [0.5, 0.6) is 5.75 Å². The summed E-state index contributed by atoms with van der Waals surface area (Å²) in [6.45, 7) is 8.95. The van der Waals surface area contributed by atoms with Gasteiger partial charge < -0.3 is 9.64 Å². The highest BCUT2D eigenvalue weighted by Gasteiger charge is 2.19. The second-order valence-electron chi connectivity index (χ2n) is 9.24. The quantitative estimate of drug-likeness (QED) is 0.404. The smallest absolute Gasteiger partial charge is 0.168 e. The van der Waals surface area contributed by atoms with Crippen molar-refractivity contribution >= 4 is 11.3 Å². The van der Waals surface area contributed by atoms with Crippen LogP contribution in [0.4, 0.5) is 5.69 Å². The molecule has 0 saturated carbocycles. The largest absolute Gasteiger partial charge is 0.496 e. The van der Waals surface area contributed by atoms with Gasteiger partial charge in [0.25, 0.3) is 0 Å².